The Balaban J connectivity index is 1.76. The van der Waals surface area contributed by atoms with Crippen LogP contribution in [0, 0.1) is 12.8 Å². The highest BCUT2D eigenvalue weighted by Gasteiger charge is 2.34. The quantitative estimate of drug-likeness (QED) is 0.891. The third-order valence-electron chi connectivity index (χ3n) is 4.38. The molecule has 0 aliphatic carbocycles. The van der Waals surface area contributed by atoms with E-state index in [0.29, 0.717) is 12.1 Å². The van der Waals surface area contributed by atoms with Gasteiger partial charge in [-0.25, -0.2) is 4.98 Å². The first-order valence-corrected chi connectivity index (χ1v) is 7.18. The highest BCUT2D eigenvalue weighted by molar-refractivity contribution is 5.32. The largest absolute Gasteiger partial charge is 0.351 e. The summed E-state index contributed by atoms with van der Waals surface area (Å²) in [6.07, 6.45) is 4.84. The van der Waals surface area contributed by atoms with Gasteiger partial charge in [-0.15, -0.1) is 0 Å². The number of hydrogen-bond donors (Lipinski definition) is 1. The number of nitrogens with zero attached hydrogens (tertiary/aromatic N) is 3. The average molecular weight is 248 g/mol. The van der Waals surface area contributed by atoms with Gasteiger partial charge in [0.2, 0.25) is 5.95 Å². The van der Waals surface area contributed by atoms with Gasteiger partial charge in [-0.2, -0.15) is 0 Å². The summed E-state index contributed by atoms with van der Waals surface area (Å²) >= 11 is 0. The van der Waals surface area contributed by atoms with E-state index in [1.165, 1.54) is 32.5 Å². The van der Waals surface area contributed by atoms with E-state index in [0.717, 1.165) is 17.6 Å². The molecule has 1 atom stereocenters. The smallest absolute Gasteiger partial charge is 0.203 e. The summed E-state index contributed by atoms with van der Waals surface area (Å²) in [4.78, 5) is 7.22. The highest BCUT2D eigenvalue weighted by Crippen LogP contribution is 2.30. The van der Waals surface area contributed by atoms with E-state index in [2.05, 4.69) is 46.7 Å². The zero-order chi connectivity index (χ0) is 12.7. The number of aromatic nitrogens is 2. The van der Waals surface area contributed by atoms with Crippen LogP contribution in [-0.2, 0) is 0 Å². The monoisotopic (exact) mass is 248 g/mol. The second kappa shape index (κ2) is 4.57. The topological polar surface area (TPSA) is 33.1 Å². The Bertz CT molecular complexity index is 415. The van der Waals surface area contributed by atoms with Crippen molar-refractivity contribution in [2.75, 3.05) is 25.0 Å². The van der Waals surface area contributed by atoms with E-state index in [1.54, 1.807) is 0 Å². The lowest BCUT2D eigenvalue weighted by Gasteiger charge is -2.45. The molecule has 4 heterocycles. The molecule has 4 rings (SSSR count). The van der Waals surface area contributed by atoms with E-state index in [1.807, 2.05) is 0 Å². The third kappa shape index (κ3) is 2.14. The minimum Gasteiger partial charge on any atom is -0.351 e. The van der Waals surface area contributed by atoms with E-state index in [9.17, 15) is 0 Å². The Labute approximate surface area is 109 Å². The molecule has 3 fully saturated rings. The van der Waals surface area contributed by atoms with Crippen molar-refractivity contribution in [2.45, 2.75) is 45.7 Å². The average Bonchev–Trinajstić information content (AvgIpc) is 2.72. The van der Waals surface area contributed by atoms with Crippen LogP contribution in [-0.4, -0.2) is 40.1 Å². The lowest BCUT2D eigenvalue weighted by atomic mass is 9.84. The van der Waals surface area contributed by atoms with E-state index < -0.39 is 0 Å². The van der Waals surface area contributed by atoms with Crippen LogP contribution in [0.15, 0.2) is 6.20 Å². The van der Waals surface area contributed by atoms with Gasteiger partial charge in [-0.3, -0.25) is 0 Å². The van der Waals surface area contributed by atoms with Crippen LogP contribution in [0.5, 0.6) is 0 Å². The van der Waals surface area contributed by atoms with E-state index >= 15 is 0 Å². The number of fused-ring (bicyclic) bond motifs is 3. The zero-order valence-electron chi connectivity index (χ0n) is 11.7. The maximum absolute atomic E-state index is 4.64. The summed E-state index contributed by atoms with van der Waals surface area (Å²) in [6, 6.07) is 1.06. The minimum atomic E-state index is 0.467. The second-order valence-electron chi connectivity index (χ2n) is 6.10. The molecule has 3 aliphatic heterocycles. The Morgan fingerprint density at radius 2 is 2.06 bits per heavy atom. The first-order chi connectivity index (χ1) is 8.63. The van der Waals surface area contributed by atoms with Crippen molar-refractivity contribution in [1.82, 2.24) is 14.5 Å². The second-order valence-corrected chi connectivity index (χ2v) is 6.10. The van der Waals surface area contributed by atoms with Crippen molar-refractivity contribution in [2.24, 2.45) is 5.92 Å². The van der Waals surface area contributed by atoms with Crippen LogP contribution < -0.4 is 5.32 Å². The third-order valence-corrected chi connectivity index (χ3v) is 4.38. The summed E-state index contributed by atoms with van der Waals surface area (Å²) in [5, 5.41) is 3.69. The van der Waals surface area contributed by atoms with Crippen LogP contribution in [0.2, 0.25) is 0 Å². The molecule has 4 heteroatoms. The molecule has 1 unspecified atom stereocenters. The molecule has 3 saturated heterocycles. The standard InChI is InChI=1S/C14H24N4/c1-10(2)18-8-11(3)15-14(18)16-13-9-17-6-4-12(13)5-7-17/h8,10,12-13H,4-7,9H2,1-3H3,(H,15,16). The summed E-state index contributed by atoms with van der Waals surface area (Å²) < 4.78 is 2.26. The highest BCUT2D eigenvalue weighted by atomic mass is 15.3. The molecule has 0 spiro atoms. The van der Waals surface area contributed by atoms with Crippen molar-refractivity contribution in [1.29, 1.82) is 0 Å². The van der Waals surface area contributed by atoms with Gasteiger partial charge in [0.05, 0.1) is 5.69 Å². The molecule has 0 amide bonds. The maximum Gasteiger partial charge on any atom is 0.203 e. The number of piperidine rings is 3. The lowest BCUT2D eigenvalue weighted by molar-refractivity contribution is 0.0970. The van der Waals surface area contributed by atoms with Gasteiger partial charge >= 0.3 is 0 Å². The minimum absolute atomic E-state index is 0.467. The lowest BCUT2D eigenvalue weighted by Crippen LogP contribution is -2.53. The summed E-state index contributed by atoms with van der Waals surface area (Å²) in [7, 11) is 0. The van der Waals surface area contributed by atoms with Crippen molar-refractivity contribution in [3.8, 4) is 0 Å². The predicted octanol–water partition coefficient (Wildman–Crippen LogP) is 2.28. The first-order valence-electron chi connectivity index (χ1n) is 7.18. The van der Waals surface area contributed by atoms with Crippen molar-refractivity contribution in [3.63, 3.8) is 0 Å². The van der Waals surface area contributed by atoms with Gasteiger partial charge in [0.1, 0.15) is 0 Å². The first kappa shape index (κ1) is 12.0. The zero-order valence-corrected chi connectivity index (χ0v) is 11.7. The van der Waals surface area contributed by atoms with Crippen LogP contribution in [0.25, 0.3) is 0 Å². The number of imidazole rings is 1. The molecule has 4 nitrogen and oxygen atoms in total. The SMILES string of the molecule is Cc1cn(C(C)C)c(NC2CN3CCC2CC3)n1. The van der Waals surface area contributed by atoms with E-state index in [4.69, 9.17) is 0 Å². The molecule has 1 aromatic heterocycles. The van der Waals surface area contributed by atoms with Gasteiger partial charge < -0.3 is 14.8 Å². The Morgan fingerprint density at radius 1 is 1.33 bits per heavy atom. The van der Waals surface area contributed by atoms with E-state index in [-0.39, 0.29) is 0 Å². The van der Waals surface area contributed by atoms with Crippen LogP contribution in [0.4, 0.5) is 5.95 Å². The van der Waals surface area contributed by atoms with Gasteiger partial charge in [0, 0.05) is 24.8 Å². The number of nitrogens with one attached hydrogen (secondary N) is 1. The van der Waals surface area contributed by atoms with Gasteiger partial charge in [0.15, 0.2) is 0 Å². The molecular formula is C14H24N4. The van der Waals surface area contributed by atoms with Crippen LogP contribution >= 0.6 is 0 Å². The molecule has 1 aromatic rings. The maximum atomic E-state index is 4.64. The van der Waals surface area contributed by atoms with Gasteiger partial charge in [0.25, 0.3) is 0 Å². The Hall–Kier alpha value is -1.03. The van der Waals surface area contributed by atoms with Crippen LogP contribution in [0.1, 0.15) is 38.4 Å². The molecule has 3 aliphatic rings. The molecule has 0 saturated carbocycles. The molecule has 100 valence electrons. The predicted molar refractivity (Wildman–Crippen MR) is 73.9 cm³/mol. The van der Waals surface area contributed by atoms with Crippen molar-refractivity contribution >= 4 is 5.95 Å². The molecule has 1 N–H and O–H groups in total. The molecule has 18 heavy (non-hydrogen) atoms. The normalized spacial score (nSPS) is 31.0. The number of hydrogen-bond acceptors (Lipinski definition) is 3. The fraction of sp³-hybridized carbons (Fsp3) is 0.786. The number of rotatable bonds is 3. The summed E-state index contributed by atoms with van der Waals surface area (Å²) in [5.41, 5.74) is 1.10. The van der Waals surface area contributed by atoms with Gasteiger partial charge in [-0.05, 0) is 52.6 Å². The van der Waals surface area contributed by atoms with Crippen molar-refractivity contribution < 1.29 is 0 Å². The Kier molecular flexibility index (Phi) is 3.06. The Morgan fingerprint density at radius 3 is 2.61 bits per heavy atom. The van der Waals surface area contributed by atoms with Crippen LogP contribution in [0.3, 0.4) is 0 Å². The fourth-order valence-electron chi connectivity index (χ4n) is 3.31. The fourth-order valence-corrected chi connectivity index (χ4v) is 3.31. The number of aryl methyl sites for hydroxylation is 1. The van der Waals surface area contributed by atoms with Gasteiger partial charge in [-0.1, -0.05) is 0 Å². The molecule has 0 aromatic carbocycles. The summed E-state index contributed by atoms with van der Waals surface area (Å²) in [6.45, 7) is 10.3. The molecule has 2 bridgehead atoms. The molecule has 0 radical (unpaired) electrons. The summed E-state index contributed by atoms with van der Waals surface area (Å²) in [5.74, 6) is 1.90. The van der Waals surface area contributed by atoms with Crippen molar-refractivity contribution in [3.05, 3.63) is 11.9 Å². The molecular weight excluding hydrogens is 224 g/mol. The number of anilines is 1.